The first-order chi connectivity index (χ1) is 9.15. The van der Waals surface area contributed by atoms with E-state index in [9.17, 15) is 0 Å². The highest BCUT2D eigenvalue weighted by molar-refractivity contribution is 8.14. The van der Waals surface area contributed by atoms with Crippen LogP contribution in [0.1, 0.15) is 67.2 Å². The fraction of sp³-hybridized carbons (Fsp3) is 0.941. The number of hydrogen-bond acceptors (Lipinski definition) is 3. The molecule has 0 bridgehead atoms. The van der Waals surface area contributed by atoms with Crippen molar-refractivity contribution in [1.29, 1.82) is 0 Å². The molecule has 0 spiro atoms. The predicted octanol–water partition coefficient (Wildman–Crippen LogP) is 4.70. The molecule has 116 valence electrons. The van der Waals surface area contributed by atoms with Gasteiger partial charge in [-0.3, -0.25) is 4.99 Å². The van der Waals surface area contributed by atoms with Crippen molar-refractivity contribution in [1.82, 2.24) is 5.32 Å². The summed E-state index contributed by atoms with van der Waals surface area (Å²) in [5.41, 5.74) is 0.890. The molecule has 1 atom stereocenters. The van der Waals surface area contributed by atoms with Crippen LogP contribution < -0.4 is 5.32 Å². The molecule has 20 heavy (non-hydrogen) atoms. The fourth-order valence-corrected chi connectivity index (χ4v) is 5.32. The summed E-state index contributed by atoms with van der Waals surface area (Å²) in [7, 11) is 0. The zero-order chi connectivity index (χ0) is 15.0. The Hall–Kier alpha value is -0.180. The molecule has 1 unspecified atom stereocenters. The van der Waals surface area contributed by atoms with Crippen molar-refractivity contribution in [3.63, 3.8) is 0 Å². The van der Waals surface area contributed by atoms with E-state index in [-0.39, 0.29) is 0 Å². The Morgan fingerprint density at radius 3 is 2.35 bits per heavy atom. The number of nitrogens with one attached hydrogen (secondary N) is 1. The largest absolute Gasteiger partial charge is 0.362 e. The Kier molecular flexibility index (Phi) is 4.78. The molecular formula is C17H32N2S. The molecule has 0 aromatic heterocycles. The molecule has 2 rings (SSSR count). The Balaban J connectivity index is 1.93. The zero-order valence-corrected chi connectivity index (χ0v) is 14.9. The molecule has 1 saturated carbocycles. The van der Waals surface area contributed by atoms with Gasteiger partial charge in [0, 0.05) is 11.8 Å². The average molecular weight is 297 g/mol. The van der Waals surface area contributed by atoms with Gasteiger partial charge in [0.2, 0.25) is 0 Å². The maximum atomic E-state index is 4.89. The van der Waals surface area contributed by atoms with E-state index in [1.807, 2.05) is 11.8 Å². The van der Waals surface area contributed by atoms with E-state index in [1.165, 1.54) is 36.6 Å². The molecular weight excluding hydrogens is 264 g/mol. The number of rotatable bonds is 3. The highest BCUT2D eigenvalue weighted by atomic mass is 32.2. The Morgan fingerprint density at radius 1 is 1.20 bits per heavy atom. The van der Waals surface area contributed by atoms with E-state index in [0.29, 0.717) is 22.9 Å². The molecule has 3 heteroatoms. The minimum atomic E-state index is 0.445. The fourth-order valence-electron chi connectivity index (χ4n) is 4.28. The number of nitrogens with zero attached hydrogens (tertiary/aromatic N) is 1. The molecule has 1 fully saturated rings. The molecule has 0 saturated heterocycles. The van der Waals surface area contributed by atoms with Gasteiger partial charge in [-0.25, -0.2) is 0 Å². The van der Waals surface area contributed by atoms with Gasteiger partial charge < -0.3 is 5.32 Å². The zero-order valence-electron chi connectivity index (χ0n) is 14.1. The van der Waals surface area contributed by atoms with Crippen LogP contribution in [0, 0.1) is 16.7 Å². The normalized spacial score (nSPS) is 29.6. The molecule has 2 aliphatic rings. The third kappa shape index (κ3) is 4.68. The Morgan fingerprint density at radius 2 is 1.80 bits per heavy atom. The van der Waals surface area contributed by atoms with E-state index in [4.69, 9.17) is 4.99 Å². The summed E-state index contributed by atoms with van der Waals surface area (Å²) in [5.74, 6) is 1.91. The first-order valence-electron chi connectivity index (χ1n) is 8.12. The van der Waals surface area contributed by atoms with Crippen LogP contribution in [0.25, 0.3) is 0 Å². The summed E-state index contributed by atoms with van der Waals surface area (Å²) in [6.07, 6.45) is 5.09. The Labute approximate surface area is 129 Å². The van der Waals surface area contributed by atoms with Crippen molar-refractivity contribution in [3.8, 4) is 0 Å². The lowest BCUT2D eigenvalue weighted by Gasteiger charge is -2.45. The molecule has 1 N–H and O–H groups in total. The summed E-state index contributed by atoms with van der Waals surface area (Å²) >= 11 is 1.93. The van der Waals surface area contributed by atoms with Gasteiger partial charge in [-0.15, -0.1) is 0 Å². The van der Waals surface area contributed by atoms with E-state index >= 15 is 0 Å². The average Bonchev–Trinajstić information content (AvgIpc) is 2.58. The topological polar surface area (TPSA) is 24.4 Å². The number of thioether (sulfide) groups is 1. The van der Waals surface area contributed by atoms with Crippen molar-refractivity contribution >= 4 is 16.9 Å². The summed E-state index contributed by atoms with van der Waals surface area (Å²) in [5, 5.41) is 4.95. The number of hydrogen-bond donors (Lipinski definition) is 1. The van der Waals surface area contributed by atoms with Gasteiger partial charge in [-0.05, 0) is 42.4 Å². The van der Waals surface area contributed by atoms with Crippen LogP contribution in [0.2, 0.25) is 0 Å². The van der Waals surface area contributed by atoms with Gasteiger partial charge in [0.1, 0.15) is 0 Å². The van der Waals surface area contributed by atoms with Crippen LogP contribution in [0.15, 0.2) is 4.99 Å². The van der Waals surface area contributed by atoms with Gasteiger partial charge >= 0.3 is 0 Å². The van der Waals surface area contributed by atoms with Crippen LogP contribution in [0.3, 0.4) is 0 Å². The van der Waals surface area contributed by atoms with E-state index in [0.717, 1.165) is 5.92 Å². The van der Waals surface area contributed by atoms with Crippen LogP contribution in [0.5, 0.6) is 0 Å². The van der Waals surface area contributed by atoms with Crippen LogP contribution in [-0.4, -0.2) is 23.0 Å². The Bertz CT molecular complexity index is 355. The maximum Gasteiger partial charge on any atom is 0.157 e. The van der Waals surface area contributed by atoms with Gasteiger partial charge in [0.25, 0.3) is 0 Å². The van der Waals surface area contributed by atoms with Crippen molar-refractivity contribution in [2.24, 2.45) is 21.7 Å². The number of aliphatic imine (C=N–C) groups is 1. The first kappa shape index (κ1) is 16.2. The SMILES string of the molecule is CC(C)CC1CSC(NC2CC(C)(C)CC(C)(C)C2)=N1. The molecule has 0 radical (unpaired) electrons. The van der Waals surface area contributed by atoms with E-state index in [1.54, 1.807) is 0 Å². The van der Waals surface area contributed by atoms with Gasteiger partial charge in [-0.1, -0.05) is 53.3 Å². The van der Waals surface area contributed by atoms with Gasteiger partial charge in [0.05, 0.1) is 6.04 Å². The van der Waals surface area contributed by atoms with Gasteiger partial charge in [0.15, 0.2) is 5.17 Å². The molecule has 0 aromatic rings. The van der Waals surface area contributed by atoms with Crippen molar-refractivity contribution in [2.45, 2.75) is 79.3 Å². The molecule has 1 aliphatic heterocycles. The molecule has 0 amide bonds. The second kappa shape index (κ2) is 5.90. The molecule has 0 aromatic carbocycles. The van der Waals surface area contributed by atoms with Crippen LogP contribution in [0.4, 0.5) is 0 Å². The molecule has 1 heterocycles. The van der Waals surface area contributed by atoms with Gasteiger partial charge in [-0.2, -0.15) is 0 Å². The maximum absolute atomic E-state index is 4.89. The highest BCUT2D eigenvalue weighted by Gasteiger charge is 2.39. The quantitative estimate of drug-likeness (QED) is 0.816. The monoisotopic (exact) mass is 296 g/mol. The van der Waals surface area contributed by atoms with Crippen molar-refractivity contribution in [3.05, 3.63) is 0 Å². The van der Waals surface area contributed by atoms with Crippen LogP contribution in [-0.2, 0) is 0 Å². The van der Waals surface area contributed by atoms with Crippen molar-refractivity contribution in [2.75, 3.05) is 5.75 Å². The molecule has 2 nitrogen and oxygen atoms in total. The lowest BCUT2D eigenvalue weighted by molar-refractivity contribution is 0.0925. The smallest absolute Gasteiger partial charge is 0.157 e. The molecule has 1 aliphatic carbocycles. The lowest BCUT2D eigenvalue weighted by atomic mass is 9.63. The third-order valence-corrected chi connectivity index (χ3v) is 5.39. The summed E-state index contributed by atoms with van der Waals surface area (Å²) in [6, 6.07) is 1.13. The van der Waals surface area contributed by atoms with E-state index in [2.05, 4.69) is 46.9 Å². The van der Waals surface area contributed by atoms with Crippen LogP contribution >= 0.6 is 11.8 Å². The van der Waals surface area contributed by atoms with Crippen molar-refractivity contribution < 1.29 is 0 Å². The second-order valence-electron chi connectivity index (χ2n) is 8.78. The number of amidine groups is 1. The standard InChI is InChI=1S/C17H32N2S/c1-12(2)7-13-10-20-15(18-13)19-14-8-16(3,4)11-17(5,6)9-14/h12-14H,7-11H2,1-6H3,(H,18,19). The summed E-state index contributed by atoms with van der Waals surface area (Å²) < 4.78 is 0. The second-order valence-corrected chi connectivity index (χ2v) is 9.79. The highest BCUT2D eigenvalue weighted by Crippen LogP contribution is 2.45. The lowest BCUT2D eigenvalue weighted by Crippen LogP contribution is -2.45. The summed E-state index contributed by atoms with van der Waals surface area (Å²) in [4.78, 5) is 4.89. The third-order valence-electron chi connectivity index (χ3n) is 4.34. The van der Waals surface area contributed by atoms with E-state index < -0.39 is 0 Å². The minimum absolute atomic E-state index is 0.445. The summed E-state index contributed by atoms with van der Waals surface area (Å²) in [6.45, 7) is 14.2. The predicted molar refractivity (Wildman–Crippen MR) is 91.5 cm³/mol. The minimum Gasteiger partial charge on any atom is -0.362 e. The first-order valence-corrected chi connectivity index (χ1v) is 9.11.